The third-order valence-electron chi connectivity index (χ3n) is 4.88. The van der Waals surface area contributed by atoms with E-state index in [1.807, 2.05) is 24.3 Å². The van der Waals surface area contributed by atoms with E-state index in [0.717, 1.165) is 12.1 Å². The smallest absolute Gasteiger partial charge is 0.229 e. The molecule has 0 bridgehead atoms. The molecule has 0 aliphatic carbocycles. The first-order valence-electron chi connectivity index (χ1n) is 9.08. The number of amides is 2. The maximum atomic E-state index is 12.8. The fourth-order valence-electron chi connectivity index (χ4n) is 3.24. The van der Waals surface area contributed by atoms with Crippen LogP contribution in [0.15, 0.2) is 36.4 Å². The summed E-state index contributed by atoms with van der Waals surface area (Å²) in [5, 5.41) is 3.22. The third kappa shape index (κ3) is 4.07. The van der Waals surface area contributed by atoms with Crippen molar-refractivity contribution in [3.63, 3.8) is 0 Å². The quantitative estimate of drug-likeness (QED) is 0.795. The maximum absolute atomic E-state index is 12.8. The van der Waals surface area contributed by atoms with Crippen LogP contribution in [0.1, 0.15) is 18.9 Å². The van der Waals surface area contributed by atoms with Crippen LogP contribution in [0.4, 0.5) is 11.4 Å². The van der Waals surface area contributed by atoms with Crippen molar-refractivity contribution in [2.75, 3.05) is 31.0 Å². The molecule has 2 amide bonds. The lowest BCUT2D eigenvalue weighted by molar-refractivity contribution is -0.122. The van der Waals surface area contributed by atoms with Crippen LogP contribution in [0, 0.1) is 5.92 Å². The Balaban J connectivity index is 1.74. The van der Waals surface area contributed by atoms with Gasteiger partial charge in [-0.3, -0.25) is 9.59 Å². The van der Waals surface area contributed by atoms with Crippen LogP contribution in [0.5, 0.6) is 11.5 Å². The second-order valence-electron chi connectivity index (χ2n) is 6.60. The summed E-state index contributed by atoms with van der Waals surface area (Å²) in [6.07, 6.45) is 1.10. The van der Waals surface area contributed by atoms with Gasteiger partial charge in [0.05, 0.1) is 30.8 Å². The Morgan fingerprint density at radius 1 is 1.18 bits per heavy atom. The zero-order chi connectivity index (χ0) is 20.3. The molecule has 148 valence electrons. The monoisotopic (exact) mass is 402 g/mol. The van der Waals surface area contributed by atoms with Crippen molar-refractivity contribution < 1.29 is 19.1 Å². The molecule has 0 saturated carbocycles. The molecule has 1 atom stereocenters. The number of hydrogen-bond acceptors (Lipinski definition) is 4. The molecule has 2 aromatic carbocycles. The van der Waals surface area contributed by atoms with Gasteiger partial charge in [0.25, 0.3) is 0 Å². The summed E-state index contributed by atoms with van der Waals surface area (Å²) in [4.78, 5) is 26.9. The summed E-state index contributed by atoms with van der Waals surface area (Å²) in [5.41, 5.74) is 2.46. The molecule has 3 rings (SSSR count). The van der Waals surface area contributed by atoms with Crippen LogP contribution in [-0.4, -0.2) is 32.6 Å². The summed E-state index contributed by atoms with van der Waals surface area (Å²) in [6, 6.07) is 11.0. The van der Waals surface area contributed by atoms with E-state index in [4.69, 9.17) is 21.1 Å². The lowest BCUT2D eigenvalue weighted by Crippen LogP contribution is -2.28. The summed E-state index contributed by atoms with van der Waals surface area (Å²) in [6.45, 7) is 2.42. The first-order chi connectivity index (χ1) is 13.5. The molecule has 2 aromatic rings. The minimum atomic E-state index is -0.454. The normalized spacial score (nSPS) is 16.2. The second kappa shape index (κ2) is 8.52. The molecule has 6 nitrogen and oxygen atoms in total. The number of halogens is 1. The molecule has 1 aliphatic rings. The van der Waals surface area contributed by atoms with E-state index in [9.17, 15) is 9.59 Å². The Hall–Kier alpha value is -2.73. The molecular formula is C21H23ClN2O4. The van der Waals surface area contributed by atoms with E-state index >= 15 is 0 Å². The molecule has 0 radical (unpaired) electrons. The molecule has 0 unspecified atom stereocenters. The highest BCUT2D eigenvalue weighted by atomic mass is 35.5. The number of nitrogens with zero attached hydrogens (tertiary/aromatic N) is 1. The minimum absolute atomic E-state index is 0.0648. The Morgan fingerprint density at radius 2 is 1.86 bits per heavy atom. The summed E-state index contributed by atoms with van der Waals surface area (Å²) in [5.74, 6) is 0.0897. The van der Waals surface area contributed by atoms with Crippen LogP contribution in [-0.2, 0) is 16.0 Å². The summed E-state index contributed by atoms with van der Waals surface area (Å²) >= 11 is 6.10. The second-order valence-corrected chi connectivity index (χ2v) is 7.01. The number of carbonyl (C=O) groups excluding carboxylic acids is 2. The largest absolute Gasteiger partial charge is 0.495 e. The van der Waals surface area contributed by atoms with Crippen molar-refractivity contribution >= 4 is 34.8 Å². The van der Waals surface area contributed by atoms with E-state index in [-0.39, 0.29) is 18.2 Å². The molecule has 0 aromatic heterocycles. The fraction of sp³-hybridized carbons (Fsp3) is 0.333. The summed E-state index contributed by atoms with van der Waals surface area (Å²) in [7, 11) is 2.99. The number of benzene rings is 2. The van der Waals surface area contributed by atoms with Crippen LogP contribution < -0.4 is 19.7 Å². The van der Waals surface area contributed by atoms with Crippen molar-refractivity contribution in [3.8, 4) is 11.5 Å². The van der Waals surface area contributed by atoms with Gasteiger partial charge in [-0.1, -0.05) is 30.7 Å². The first-order valence-corrected chi connectivity index (χ1v) is 9.46. The molecule has 1 fully saturated rings. The predicted octanol–water partition coefficient (Wildman–Crippen LogP) is 3.91. The number of hydrogen-bond donors (Lipinski definition) is 1. The lowest BCUT2D eigenvalue weighted by atomic mass is 10.1. The molecule has 1 N–H and O–H groups in total. The molecule has 1 aliphatic heterocycles. The van der Waals surface area contributed by atoms with E-state index in [1.165, 1.54) is 19.8 Å². The highest BCUT2D eigenvalue weighted by molar-refractivity contribution is 6.32. The van der Waals surface area contributed by atoms with Crippen molar-refractivity contribution in [1.82, 2.24) is 0 Å². The summed E-state index contributed by atoms with van der Waals surface area (Å²) < 4.78 is 10.5. The molecule has 7 heteroatoms. The molecule has 1 heterocycles. The fourth-order valence-corrected chi connectivity index (χ4v) is 3.47. The Morgan fingerprint density at radius 3 is 2.46 bits per heavy atom. The van der Waals surface area contributed by atoms with Gasteiger partial charge >= 0.3 is 0 Å². The predicted molar refractivity (Wildman–Crippen MR) is 109 cm³/mol. The van der Waals surface area contributed by atoms with Crippen molar-refractivity contribution in [3.05, 3.63) is 47.0 Å². The number of methoxy groups -OCH3 is 2. The van der Waals surface area contributed by atoms with Gasteiger partial charge in [0.1, 0.15) is 11.5 Å². The SMILES string of the molecule is CCc1ccc(N2C[C@@H](C(=O)Nc3cc(OC)c(Cl)cc3OC)CC2=O)cc1. The zero-order valence-corrected chi connectivity index (χ0v) is 16.9. The number of nitrogens with one attached hydrogen (secondary N) is 1. The first kappa shape index (κ1) is 20.0. The number of aryl methyl sites for hydroxylation is 1. The number of ether oxygens (including phenoxy) is 2. The van der Waals surface area contributed by atoms with E-state index in [0.29, 0.717) is 28.8 Å². The maximum Gasteiger partial charge on any atom is 0.229 e. The van der Waals surface area contributed by atoms with Gasteiger partial charge in [0, 0.05) is 30.8 Å². The third-order valence-corrected chi connectivity index (χ3v) is 5.18. The van der Waals surface area contributed by atoms with Crippen LogP contribution >= 0.6 is 11.6 Å². The van der Waals surface area contributed by atoms with Crippen LogP contribution in [0.3, 0.4) is 0 Å². The minimum Gasteiger partial charge on any atom is -0.495 e. The van der Waals surface area contributed by atoms with Gasteiger partial charge < -0.3 is 19.7 Å². The Labute approximate surface area is 169 Å². The lowest BCUT2D eigenvalue weighted by Gasteiger charge is -2.18. The van der Waals surface area contributed by atoms with Gasteiger partial charge in [-0.15, -0.1) is 0 Å². The number of rotatable bonds is 6. The highest BCUT2D eigenvalue weighted by Gasteiger charge is 2.35. The van der Waals surface area contributed by atoms with Gasteiger partial charge in [-0.2, -0.15) is 0 Å². The molecular weight excluding hydrogens is 380 g/mol. The number of anilines is 2. The average Bonchev–Trinajstić information content (AvgIpc) is 3.10. The molecule has 28 heavy (non-hydrogen) atoms. The Bertz CT molecular complexity index is 883. The van der Waals surface area contributed by atoms with Gasteiger partial charge in [0.2, 0.25) is 11.8 Å². The molecule has 1 saturated heterocycles. The van der Waals surface area contributed by atoms with Gasteiger partial charge in [-0.05, 0) is 24.1 Å². The average molecular weight is 403 g/mol. The van der Waals surface area contributed by atoms with E-state index in [2.05, 4.69) is 12.2 Å². The standard InChI is InChI=1S/C21H23ClN2O4/c1-4-13-5-7-15(8-6-13)24-12-14(9-20(24)25)21(26)23-17-11-18(27-2)16(22)10-19(17)28-3/h5-8,10-11,14H,4,9,12H2,1-3H3,(H,23,26)/t14-/m0/s1. The van der Waals surface area contributed by atoms with E-state index < -0.39 is 5.92 Å². The number of carbonyl (C=O) groups is 2. The van der Waals surface area contributed by atoms with Crippen molar-refractivity contribution in [1.29, 1.82) is 0 Å². The van der Waals surface area contributed by atoms with Crippen LogP contribution in [0.2, 0.25) is 5.02 Å². The Kier molecular flexibility index (Phi) is 6.09. The molecule has 0 spiro atoms. The van der Waals surface area contributed by atoms with Crippen molar-refractivity contribution in [2.45, 2.75) is 19.8 Å². The van der Waals surface area contributed by atoms with Crippen LogP contribution in [0.25, 0.3) is 0 Å². The van der Waals surface area contributed by atoms with Gasteiger partial charge in [0.15, 0.2) is 0 Å². The zero-order valence-electron chi connectivity index (χ0n) is 16.1. The van der Waals surface area contributed by atoms with Crippen molar-refractivity contribution in [2.24, 2.45) is 5.92 Å². The van der Waals surface area contributed by atoms with Gasteiger partial charge in [-0.25, -0.2) is 0 Å². The topological polar surface area (TPSA) is 67.9 Å². The van der Waals surface area contributed by atoms with E-state index in [1.54, 1.807) is 17.0 Å². The highest BCUT2D eigenvalue weighted by Crippen LogP contribution is 2.36.